The Morgan fingerprint density at radius 3 is 2.51 bits per heavy atom. The molecule has 0 aliphatic carbocycles. The number of fused-ring (bicyclic) bond motifs is 1. The highest BCUT2D eigenvalue weighted by atomic mass is 32.2. The van der Waals surface area contributed by atoms with Gasteiger partial charge in [-0.3, -0.25) is 4.57 Å². The van der Waals surface area contributed by atoms with Crippen molar-refractivity contribution in [3.63, 3.8) is 0 Å². The van der Waals surface area contributed by atoms with Crippen molar-refractivity contribution in [1.82, 2.24) is 19.3 Å². The summed E-state index contributed by atoms with van der Waals surface area (Å²) in [5.41, 5.74) is 6.34. The number of aromatic nitrogens is 4. The van der Waals surface area contributed by atoms with Crippen LogP contribution in [0.15, 0.2) is 83.0 Å². The van der Waals surface area contributed by atoms with E-state index in [0.29, 0.717) is 11.3 Å². The number of hydrogen-bond donors (Lipinski definition) is 1. The smallest absolute Gasteiger partial charge is 0.196 e. The van der Waals surface area contributed by atoms with Crippen LogP contribution < -0.4 is 0 Å². The lowest BCUT2D eigenvalue weighted by atomic mass is 10.1. The van der Waals surface area contributed by atoms with Crippen molar-refractivity contribution in [3.05, 3.63) is 101 Å². The molecule has 0 aliphatic heterocycles. The number of aryl methyl sites for hydroxylation is 3. The number of rotatable bonds is 6. The molecule has 5 nitrogen and oxygen atoms in total. The summed E-state index contributed by atoms with van der Waals surface area (Å²) in [7, 11) is 2.08. The minimum Gasteiger partial charge on any atom is -0.349 e. The van der Waals surface area contributed by atoms with Crippen molar-refractivity contribution in [3.8, 4) is 11.8 Å². The molecule has 0 saturated heterocycles. The van der Waals surface area contributed by atoms with Gasteiger partial charge in [-0.2, -0.15) is 16.6 Å². The molecular weight excluding hydrogens is 470 g/mol. The van der Waals surface area contributed by atoms with Crippen LogP contribution in [0.4, 0.5) is 0 Å². The fraction of sp³-hybridized carbons (Fsp3) is 0.143. The van der Waals surface area contributed by atoms with E-state index in [4.69, 9.17) is 0 Å². The van der Waals surface area contributed by atoms with E-state index in [1.807, 2.05) is 24.3 Å². The molecule has 2 aromatic heterocycles. The molecule has 2 heterocycles. The van der Waals surface area contributed by atoms with Crippen LogP contribution in [0.1, 0.15) is 28.1 Å². The predicted octanol–water partition coefficient (Wildman–Crippen LogP) is 6.21. The Morgan fingerprint density at radius 1 is 0.971 bits per heavy atom. The summed E-state index contributed by atoms with van der Waals surface area (Å²) in [4.78, 5) is 1.23. The first-order chi connectivity index (χ1) is 17.1. The van der Waals surface area contributed by atoms with Crippen LogP contribution in [0.5, 0.6) is 0 Å². The number of thioether (sulfide) groups is 1. The van der Waals surface area contributed by atoms with Gasteiger partial charge >= 0.3 is 0 Å². The zero-order valence-electron chi connectivity index (χ0n) is 19.8. The Labute approximate surface area is 213 Å². The van der Waals surface area contributed by atoms with Gasteiger partial charge in [-0.15, -0.1) is 10.2 Å². The minimum atomic E-state index is 0.647. The molecular formula is C28H25N5S2. The Bertz CT molecular complexity index is 1580. The van der Waals surface area contributed by atoms with Gasteiger partial charge in [-0.25, -0.2) is 0 Å². The number of nitrogens with zero attached hydrogens (tertiary/aromatic N) is 5. The van der Waals surface area contributed by atoms with Crippen molar-refractivity contribution >= 4 is 39.4 Å². The van der Waals surface area contributed by atoms with E-state index < -0.39 is 0 Å². The maximum absolute atomic E-state index is 9.48. The van der Waals surface area contributed by atoms with E-state index in [2.05, 4.69) is 100 Å². The molecule has 0 N–H and O–H groups in total. The summed E-state index contributed by atoms with van der Waals surface area (Å²) < 4.78 is 4.32. The van der Waals surface area contributed by atoms with E-state index in [-0.39, 0.29) is 0 Å². The summed E-state index contributed by atoms with van der Waals surface area (Å²) >= 11 is 2.66. The quantitative estimate of drug-likeness (QED) is 0.173. The van der Waals surface area contributed by atoms with Crippen LogP contribution >= 0.6 is 23.1 Å². The van der Waals surface area contributed by atoms with Gasteiger partial charge in [0.25, 0.3) is 0 Å². The Balaban J connectivity index is 1.57. The molecule has 0 atom stereocenters. The molecule has 0 fully saturated rings. The molecule has 0 radical (unpaired) electrons. The van der Waals surface area contributed by atoms with Gasteiger partial charge in [0.15, 0.2) is 11.0 Å². The number of para-hydroxylation sites is 2. The maximum Gasteiger partial charge on any atom is 0.196 e. The molecule has 0 bridgehead atoms. The Kier molecular flexibility index (Phi) is 6.58. The molecule has 35 heavy (non-hydrogen) atoms. The van der Waals surface area contributed by atoms with Crippen molar-refractivity contribution < 1.29 is 0 Å². The maximum atomic E-state index is 9.48. The molecule has 174 valence electrons. The molecule has 5 rings (SSSR count). The van der Waals surface area contributed by atoms with Gasteiger partial charge in [0.2, 0.25) is 0 Å². The second kappa shape index (κ2) is 9.95. The lowest BCUT2D eigenvalue weighted by molar-refractivity contribution is 0.869. The first-order valence-electron chi connectivity index (χ1n) is 11.3. The van der Waals surface area contributed by atoms with Gasteiger partial charge in [0.05, 0.1) is 17.3 Å². The van der Waals surface area contributed by atoms with E-state index in [1.54, 1.807) is 11.8 Å². The highest BCUT2D eigenvalue weighted by molar-refractivity contribution is 7.98. The molecule has 0 unspecified atom stereocenters. The zero-order chi connectivity index (χ0) is 24.4. The van der Waals surface area contributed by atoms with E-state index in [1.165, 1.54) is 26.9 Å². The normalized spacial score (nSPS) is 11.6. The second-order valence-corrected chi connectivity index (χ2v) is 10.3. The lowest BCUT2D eigenvalue weighted by Crippen LogP contribution is -2.06. The third kappa shape index (κ3) is 4.55. The van der Waals surface area contributed by atoms with Gasteiger partial charge in [-0.1, -0.05) is 66.4 Å². The molecule has 0 aliphatic rings. The van der Waals surface area contributed by atoms with Gasteiger partial charge < -0.3 is 4.57 Å². The highest BCUT2D eigenvalue weighted by Crippen LogP contribution is 2.30. The number of benzene rings is 3. The van der Waals surface area contributed by atoms with Gasteiger partial charge in [-0.05, 0) is 42.7 Å². The topological polar surface area (TPSA) is 59.4 Å². The van der Waals surface area contributed by atoms with Crippen LogP contribution in [-0.4, -0.2) is 24.7 Å². The predicted molar refractivity (Wildman–Crippen MR) is 147 cm³/mol. The van der Waals surface area contributed by atoms with Crippen LogP contribution in [0.2, 0.25) is 0 Å². The van der Waals surface area contributed by atoms with Crippen LogP contribution in [0.3, 0.4) is 0 Å². The van der Waals surface area contributed by atoms with Gasteiger partial charge in [0.1, 0.15) is 0 Å². The summed E-state index contributed by atoms with van der Waals surface area (Å²) in [5, 5.41) is 22.8. The largest absolute Gasteiger partial charge is 0.349 e. The summed E-state index contributed by atoms with van der Waals surface area (Å²) in [6, 6.07) is 24.8. The third-order valence-corrected chi connectivity index (χ3v) is 7.98. The van der Waals surface area contributed by atoms with Crippen LogP contribution in [0, 0.1) is 25.2 Å². The molecule has 0 amide bonds. The number of hydrogen-bond acceptors (Lipinski definition) is 4. The van der Waals surface area contributed by atoms with Crippen molar-refractivity contribution in [2.75, 3.05) is 0 Å². The van der Waals surface area contributed by atoms with E-state index in [9.17, 15) is 5.26 Å². The molecule has 0 spiro atoms. The minimum absolute atomic E-state index is 0.647. The van der Waals surface area contributed by atoms with Crippen LogP contribution in [-0.2, 0) is 12.8 Å². The van der Waals surface area contributed by atoms with Crippen molar-refractivity contribution in [2.45, 2.75) is 29.7 Å². The average Bonchev–Trinajstić information content (AvgIpc) is 3.42. The van der Waals surface area contributed by atoms with Gasteiger partial charge in [0, 0.05) is 40.2 Å². The van der Waals surface area contributed by atoms with Crippen LogP contribution in [0.25, 0.3) is 16.6 Å². The zero-order valence-corrected chi connectivity index (χ0v) is 21.5. The molecule has 0 saturated carbocycles. The van der Waals surface area contributed by atoms with Crippen molar-refractivity contribution in [1.29, 1.82) is 5.26 Å². The Morgan fingerprint density at radius 2 is 1.71 bits per heavy atom. The summed E-state index contributed by atoms with van der Waals surface area (Å²) in [6.07, 6.45) is 2.18. The monoisotopic (exact) mass is 495 g/mol. The molecule has 5 aromatic rings. The fourth-order valence-electron chi connectivity index (χ4n) is 4.27. The SMILES string of the molecule is Cc1cccc(C)c1-n1c(C=[SH]c2cn(C)c3ccccc23)nnc1SCc1ccccc1C#N. The standard InChI is InChI=1S/C28H25N5S2/c1-19-9-8-10-20(2)27(19)33-26(18-34-25-16-32(3)24-14-7-6-13-23(24)25)30-31-28(33)35-17-22-12-5-4-11-21(22)15-29/h4-14,16,18,34H,17H2,1-3H3. The first kappa shape index (κ1) is 23.2. The van der Waals surface area contributed by atoms with E-state index in [0.717, 1.165) is 33.6 Å². The number of thiol groups is 1. The second-order valence-electron chi connectivity index (χ2n) is 8.37. The first-order valence-corrected chi connectivity index (χ1v) is 13.2. The number of nitriles is 1. The Hall–Kier alpha value is -3.60. The lowest BCUT2D eigenvalue weighted by Gasteiger charge is -2.14. The summed E-state index contributed by atoms with van der Waals surface area (Å²) in [6.45, 7) is 4.24. The molecule has 3 aromatic carbocycles. The third-order valence-electron chi connectivity index (χ3n) is 6.01. The summed E-state index contributed by atoms with van der Waals surface area (Å²) in [5.74, 6) is 1.46. The van der Waals surface area contributed by atoms with Crippen molar-refractivity contribution in [2.24, 2.45) is 7.05 Å². The molecule has 7 heteroatoms. The van der Waals surface area contributed by atoms with E-state index >= 15 is 0 Å². The average molecular weight is 496 g/mol. The highest BCUT2D eigenvalue weighted by Gasteiger charge is 2.17. The fourth-order valence-corrected chi connectivity index (χ4v) is 6.21.